The third kappa shape index (κ3) is 3.58. The van der Waals surface area contributed by atoms with Crippen molar-refractivity contribution >= 4 is 15.9 Å². The minimum Gasteiger partial charge on any atom is -0.484 e. The van der Waals surface area contributed by atoms with Crippen molar-refractivity contribution in [1.29, 1.82) is 0 Å². The Hall–Kier alpha value is -1.39. The predicted molar refractivity (Wildman–Crippen MR) is 82.3 cm³/mol. The van der Waals surface area contributed by atoms with Crippen molar-refractivity contribution < 1.29 is 9.13 Å². The summed E-state index contributed by atoms with van der Waals surface area (Å²) in [6, 6.07) is 11.9. The maximum absolute atomic E-state index is 13.0. The zero-order valence-corrected chi connectivity index (χ0v) is 13.0. The monoisotopic (exact) mass is 337 g/mol. The van der Waals surface area contributed by atoms with E-state index in [1.165, 1.54) is 12.1 Å². The molecule has 0 aliphatic rings. The van der Waals surface area contributed by atoms with E-state index in [9.17, 15) is 4.39 Å². The molecule has 0 saturated carbocycles. The highest BCUT2D eigenvalue weighted by Crippen LogP contribution is 2.28. The van der Waals surface area contributed by atoms with Crippen LogP contribution in [0, 0.1) is 12.7 Å². The maximum Gasteiger partial charge on any atom is 0.138 e. The van der Waals surface area contributed by atoms with Crippen LogP contribution in [-0.4, -0.2) is 6.04 Å². The largest absolute Gasteiger partial charge is 0.484 e. The third-order valence-corrected chi connectivity index (χ3v) is 3.56. The summed E-state index contributed by atoms with van der Waals surface area (Å²) in [5.74, 6) is 0.511. The highest BCUT2D eigenvalue weighted by Gasteiger charge is 2.19. The molecule has 2 unspecified atom stereocenters. The zero-order valence-electron chi connectivity index (χ0n) is 11.4. The van der Waals surface area contributed by atoms with E-state index >= 15 is 0 Å². The summed E-state index contributed by atoms with van der Waals surface area (Å²) in [7, 11) is 0. The number of aryl methyl sites for hydroxylation is 1. The van der Waals surface area contributed by atoms with Crippen molar-refractivity contribution in [1.82, 2.24) is 0 Å². The molecule has 2 N–H and O–H groups in total. The van der Waals surface area contributed by atoms with Crippen LogP contribution in [0.15, 0.2) is 46.9 Å². The fourth-order valence-electron chi connectivity index (χ4n) is 2.01. The molecule has 2 aromatic rings. The molecule has 0 aliphatic carbocycles. The van der Waals surface area contributed by atoms with Gasteiger partial charge in [0.1, 0.15) is 17.7 Å². The van der Waals surface area contributed by atoms with Crippen LogP contribution in [-0.2, 0) is 0 Å². The highest BCUT2D eigenvalue weighted by molar-refractivity contribution is 9.10. The lowest BCUT2D eigenvalue weighted by Gasteiger charge is -2.24. The Bertz CT molecular complexity index is 584. The van der Waals surface area contributed by atoms with Gasteiger partial charge >= 0.3 is 0 Å². The van der Waals surface area contributed by atoms with E-state index in [1.807, 2.05) is 32.0 Å². The van der Waals surface area contributed by atoms with Gasteiger partial charge < -0.3 is 10.5 Å². The van der Waals surface area contributed by atoms with Crippen LogP contribution in [0.2, 0.25) is 0 Å². The molecule has 4 heteroatoms. The lowest BCUT2D eigenvalue weighted by molar-refractivity contribution is 0.179. The van der Waals surface area contributed by atoms with Crippen LogP contribution in [0.5, 0.6) is 5.75 Å². The van der Waals surface area contributed by atoms with Gasteiger partial charge in [-0.25, -0.2) is 4.39 Å². The predicted octanol–water partition coefficient (Wildman–Crippen LogP) is 4.36. The Balaban J connectivity index is 2.28. The average molecular weight is 338 g/mol. The first-order valence-electron chi connectivity index (χ1n) is 6.41. The first-order valence-corrected chi connectivity index (χ1v) is 7.20. The van der Waals surface area contributed by atoms with Crippen LogP contribution >= 0.6 is 15.9 Å². The molecule has 2 aromatic carbocycles. The molecule has 0 radical (unpaired) electrons. The standard InChI is InChI=1S/C16H17BrFNO/c1-10-9-13(17)5-8-15(10)20-16(11(2)19)12-3-6-14(18)7-4-12/h3-9,11,16H,19H2,1-2H3. The Morgan fingerprint density at radius 2 is 1.80 bits per heavy atom. The van der Waals surface area contributed by atoms with Gasteiger partial charge in [0.25, 0.3) is 0 Å². The van der Waals surface area contributed by atoms with Crippen LogP contribution < -0.4 is 10.5 Å². The second-order valence-electron chi connectivity index (χ2n) is 4.86. The van der Waals surface area contributed by atoms with Gasteiger partial charge in [-0.1, -0.05) is 28.1 Å². The molecule has 2 atom stereocenters. The number of rotatable bonds is 4. The van der Waals surface area contributed by atoms with Gasteiger partial charge in [0.15, 0.2) is 0 Å². The minimum atomic E-state index is -0.310. The lowest BCUT2D eigenvalue weighted by Crippen LogP contribution is -2.29. The van der Waals surface area contributed by atoms with Crippen LogP contribution in [0.25, 0.3) is 0 Å². The summed E-state index contributed by atoms with van der Waals surface area (Å²) in [4.78, 5) is 0. The van der Waals surface area contributed by atoms with E-state index in [0.29, 0.717) is 0 Å². The Labute approximate surface area is 126 Å². The summed E-state index contributed by atoms with van der Waals surface area (Å²) < 4.78 is 20.0. The van der Waals surface area contributed by atoms with Gasteiger partial charge in [0.2, 0.25) is 0 Å². The van der Waals surface area contributed by atoms with Crippen molar-refractivity contribution in [3.8, 4) is 5.75 Å². The van der Waals surface area contributed by atoms with Gasteiger partial charge in [-0.3, -0.25) is 0 Å². The zero-order chi connectivity index (χ0) is 14.7. The average Bonchev–Trinajstić information content (AvgIpc) is 2.39. The van der Waals surface area contributed by atoms with E-state index in [2.05, 4.69) is 15.9 Å². The van der Waals surface area contributed by atoms with Gasteiger partial charge in [0.05, 0.1) is 0 Å². The third-order valence-electron chi connectivity index (χ3n) is 3.07. The SMILES string of the molecule is Cc1cc(Br)ccc1OC(c1ccc(F)cc1)C(C)N. The molecular weight excluding hydrogens is 321 g/mol. The van der Waals surface area contributed by atoms with E-state index in [-0.39, 0.29) is 18.0 Å². The van der Waals surface area contributed by atoms with Crippen molar-refractivity contribution in [2.24, 2.45) is 5.73 Å². The van der Waals surface area contributed by atoms with Gasteiger partial charge in [0, 0.05) is 10.5 Å². The first-order chi connectivity index (χ1) is 9.47. The summed E-state index contributed by atoms with van der Waals surface area (Å²) in [6.45, 7) is 3.85. The topological polar surface area (TPSA) is 35.2 Å². The summed E-state index contributed by atoms with van der Waals surface area (Å²) in [5.41, 5.74) is 7.89. The Morgan fingerprint density at radius 3 is 2.35 bits per heavy atom. The first kappa shape index (κ1) is 15.0. The van der Waals surface area contributed by atoms with Crippen molar-refractivity contribution in [2.45, 2.75) is 26.0 Å². The maximum atomic E-state index is 13.0. The second-order valence-corrected chi connectivity index (χ2v) is 5.77. The lowest BCUT2D eigenvalue weighted by atomic mass is 10.0. The minimum absolute atomic E-state index is 0.205. The van der Waals surface area contributed by atoms with E-state index in [1.54, 1.807) is 12.1 Å². The number of nitrogens with two attached hydrogens (primary N) is 1. The molecule has 0 saturated heterocycles. The number of hydrogen-bond acceptors (Lipinski definition) is 2. The quantitative estimate of drug-likeness (QED) is 0.899. The highest BCUT2D eigenvalue weighted by atomic mass is 79.9. The summed E-state index contributed by atoms with van der Waals surface area (Å²) in [6.07, 6.45) is -0.310. The molecular formula is C16H17BrFNO. The molecule has 0 aliphatic heterocycles. The smallest absolute Gasteiger partial charge is 0.138 e. The van der Waals surface area contributed by atoms with Crippen molar-refractivity contribution in [2.75, 3.05) is 0 Å². The molecule has 0 spiro atoms. The molecule has 2 rings (SSSR count). The molecule has 0 heterocycles. The number of halogens is 2. The summed E-state index contributed by atoms with van der Waals surface area (Å²) in [5, 5.41) is 0. The molecule has 0 bridgehead atoms. The van der Waals surface area contributed by atoms with Crippen LogP contribution in [0.4, 0.5) is 4.39 Å². The van der Waals surface area contributed by atoms with Crippen molar-refractivity contribution in [3.63, 3.8) is 0 Å². The van der Waals surface area contributed by atoms with E-state index in [4.69, 9.17) is 10.5 Å². The number of benzene rings is 2. The molecule has 0 fully saturated rings. The summed E-state index contributed by atoms with van der Waals surface area (Å²) >= 11 is 3.42. The van der Waals surface area contributed by atoms with E-state index < -0.39 is 0 Å². The van der Waals surface area contributed by atoms with Crippen LogP contribution in [0.3, 0.4) is 0 Å². The van der Waals surface area contributed by atoms with Gasteiger partial charge in [-0.15, -0.1) is 0 Å². The number of hydrogen-bond donors (Lipinski definition) is 1. The molecule has 2 nitrogen and oxygen atoms in total. The molecule has 20 heavy (non-hydrogen) atoms. The van der Waals surface area contributed by atoms with Crippen molar-refractivity contribution in [3.05, 3.63) is 63.9 Å². The Kier molecular flexibility index (Phi) is 4.78. The van der Waals surface area contributed by atoms with Gasteiger partial charge in [-0.05, 0) is 55.3 Å². The molecule has 0 aromatic heterocycles. The Morgan fingerprint density at radius 1 is 1.15 bits per heavy atom. The molecule has 0 amide bonds. The normalized spacial score (nSPS) is 13.8. The van der Waals surface area contributed by atoms with Crippen LogP contribution in [0.1, 0.15) is 24.2 Å². The van der Waals surface area contributed by atoms with E-state index in [0.717, 1.165) is 21.3 Å². The van der Waals surface area contributed by atoms with Gasteiger partial charge in [-0.2, -0.15) is 0 Å². The molecule has 106 valence electrons. The fourth-order valence-corrected chi connectivity index (χ4v) is 2.49. The second kappa shape index (κ2) is 6.37. The fraction of sp³-hybridized carbons (Fsp3) is 0.250. The number of ether oxygens (including phenoxy) is 1.